The summed E-state index contributed by atoms with van der Waals surface area (Å²) in [5, 5.41) is 3.17. The predicted octanol–water partition coefficient (Wildman–Crippen LogP) is 5.02. The first-order valence-electron chi connectivity index (χ1n) is 6.90. The number of halogens is 1. The van der Waals surface area contributed by atoms with E-state index in [1.54, 1.807) is 0 Å². The third-order valence-corrected chi connectivity index (χ3v) is 3.99. The van der Waals surface area contributed by atoms with Crippen LogP contribution in [0.1, 0.15) is 17.0 Å². The van der Waals surface area contributed by atoms with Gasteiger partial charge in [0.1, 0.15) is 12.4 Å². The molecule has 0 aliphatic carbocycles. The van der Waals surface area contributed by atoms with Crippen molar-refractivity contribution in [2.24, 2.45) is 0 Å². The van der Waals surface area contributed by atoms with E-state index in [1.165, 1.54) is 16.3 Å². The number of aromatic nitrogens is 1. The summed E-state index contributed by atoms with van der Waals surface area (Å²) in [5.41, 5.74) is 3.13. The number of hydrogen-bond acceptors (Lipinski definition) is 2. The molecule has 0 aliphatic rings. The van der Waals surface area contributed by atoms with Crippen molar-refractivity contribution < 1.29 is 4.74 Å². The Morgan fingerprint density at radius 1 is 1.00 bits per heavy atom. The minimum absolute atomic E-state index is 0.548. The number of hydrogen-bond donors (Lipinski definition) is 0. The van der Waals surface area contributed by atoms with Gasteiger partial charge in [0.2, 0.25) is 0 Å². The van der Waals surface area contributed by atoms with Gasteiger partial charge in [0.15, 0.2) is 0 Å². The van der Waals surface area contributed by atoms with E-state index in [1.807, 2.05) is 19.1 Å². The lowest BCUT2D eigenvalue weighted by Crippen LogP contribution is -2.00. The predicted molar refractivity (Wildman–Crippen MR) is 89.9 cm³/mol. The first kappa shape index (κ1) is 14.1. The van der Waals surface area contributed by atoms with Crippen LogP contribution in [-0.2, 0) is 11.9 Å². The first-order chi connectivity index (χ1) is 10.3. The van der Waals surface area contributed by atoms with Crippen molar-refractivity contribution in [2.45, 2.75) is 18.9 Å². The van der Waals surface area contributed by atoms with Crippen LogP contribution < -0.4 is 4.74 Å². The van der Waals surface area contributed by atoms with Gasteiger partial charge in [-0.1, -0.05) is 58.4 Å². The number of nitrogens with zero attached hydrogens (tertiary/aromatic N) is 1. The summed E-state index contributed by atoms with van der Waals surface area (Å²) >= 11 is 3.47. The highest BCUT2D eigenvalue weighted by atomic mass is 79.9. The number of pyridine rings is 1. The lowest BCUT2D eigenvalue weighted by Gasteiger charge is -2.11. The second kappa shape index (κ2) is 6.27. The fraction of sp³-hybridized carbons (Fsp3) is 0.167. The second-order valence-corrected chi connectivity index (χ2v) is 5.52. The zero-order valence-corrected chi connectivity index (χ0v) is 13.4. The third-order valence-electron chi connectivity index (χ3n) is 3.46. The van der Waals surface area contributed by atoms with Gasteiger partial charge in [0.25, 0.3) is 0 Å². The molecule has 0 unspecified atom stereocenters. The highest BCUT2D eigenvalue weighted by molar-refractivity contribution is 9.08. The standard InChI is InChI=1S/C18H16BrNO/c1-13-9-10-18(17(11-19)20-13)21-12-15-7-4-6-14-5-2-3-8-16(14)15/h2-10H,11-12H2,1H3. The molecular formula is C18H16BrNO. The summed E-state index contributed by atoms with van der Waals surface area (Å²) in [6.45, 7) is 2.53. The molecule has 0 atom stereocenters. The van der Waals surface area contributed by atoms with Gasteiger partial charge in [-0.2, -0.15) is 0 Å². The highest BCUT2D eigenvalue weighted by Gasteiger charge is 2.06. The quantitative estimate of drug-likeness (QED) is 0.621. The number of rotatable bonds is 4. The van der Waals surface area contributed by atoms with E-state index in [4.69, 9.17) is 4.74 Å². The molecule has 3 aromatic rings. The Morgan fingerprint density at radius 2 is 1.81 bits per heavy atom. The number of benzene rings is 2. The Labute approximate surface area is 132 Å². The maximum absolute atomic E-state index is 5.98. The summed E-state index contributed by atoms with van der Waals surface area (Å²) in [6, 6.07) is 18.6. The van der Waals surface area contributed by atoms with Crippen LogP contribution in [0.3, 0.4) is 0 Å². The van der Waals surface area contributed by atoms with E-state index >= 15 is 0 Å². The van der Waals surface area contributed by atoms with Crippen LogP contribution >= 0.6 is 15.9 Å². The third kappa shape index (κ3) is 3.08. The Balaban J connectivity index is 1.87. The molecule has 2 aromatic carbocycles. The van der Waals surface area contributed by atoms with Crippen molar-refractivity contribution >= 4 is 26.7 Å². The molecule has 0 radical (unpaired) electrons. The highest BCUT2D eigenvalue weighted by Crippen LogP contribution is 2.23. The fourth-order valence-electron chi connectivity index (χ4n) is 2.40. The van der Waals surface area contributed by atoms with Crippen LogP contribution in [0.25, 0.3) is 10.8 Å². The molecule has 1 heterocycles. The number of aryl methyl sites for hydroxylation is 1. The molecule has 0 aliphatic heterocycles. The molecule has 106 valence electrons. The number of alkyl halides is 1. The van der Waals surface area contributed by atoms with Crippen molar-refractivity contribution in [2.75, 3.05) is 0 Å². The SMILES string of the molecule is Cc1ccc(OCc2cccc3ccccc23)c(CBr)n1. The Morgan fingerprint density at radius 3 is 2.67 bits per heavy atom. The van der Waals surface area contributed by atoms with E-state index in [9.17, 15) is 0 Å². The van der Waals surface area contributed by atoms with E-state index in [0.717, 1.165) is 17.1 Å². The molecule has 21 heavy (non-hydrogen) atoms. The summed E-state index contributed by atoms with van der Waals surface area (Å²) in [5.74, 6) is 0.838. The molecule has 3 heteroatoms. The number of fused-ring (bicyclic) bond motifs is 1. The maximum Gasteiger partial charge on any atom is 0.142 e. The molecule has 3 rings (SSSR count). The molecule has 0 bridgehead atoms. The summed E-state index contributed by atoms with van der Waals surface area (Å²) in [7, 11) is 0. The fourth-order valence-corrected chi connectivity index (χ4v) is 2.80. The van der Waals surface area contributed by atoms with Gasteiger partial charge in [-0.05, 0) is 35.4 Å². The van der Waals surface area contributed by atoms with Crippen LogP contribution in [0.15, 0.2) is 54.6 Å². The Kier molecular flexibility index (Phi) is 4.20. The molecule has 1 aromatic heterocycles. The van der Waals surface area contributed by atoms with Crippen molar-refractivity contribution in [3.05, 3.63) is 71.5 Å². The van der Waals surface area contributed by atoms with Gasteiger partial charge >= 0.3 is 0 Å². The average Bonchev–Trinajstić information content (AvgIpc) is 2.53. The van der Waals surface area contributed by atoms with Gasteiger partial charge in [0.05, 0.1) is 5.69 Å². The molecule has 0 amide bonds. The molecule has 2 nitrogen and oxygen atoms in total. The molecule has 0 N–H and O–H groups in total. The van der Waals surface area contributed by atoms with E-state index in [-0.39, 0.29) is 0 Å². The zero-order chi connectivity index (χ0) is 14.7. The molecule has 0 spiro atoms. The molecular weight excluding hydrogens is 326 g/mol. The first-order valence-corrected chi connectivity index (χ1v) is 8.02. The largest absolute Gasteiger partial charge is 0.487 e. The number of ether oxygens (including phenoxy) is 1. The minimum Gasteiger partial charge on any atom is -0.487 e. The van der Waals surface area contributed by atoms with Gasteiger partial charge in [-0.25, -0.2) is 0 Å². The lowest BCUT2D eigenvalue weighted by atomic mass is 10.1. The summed E-state index contributed by atoms with van der Waals surface area (Å²) in [4.78, 5) is 4.49. The average molecular weight is 342 g/mol. The summed E-state index contributed by atoms with van der Waals surface area (Å²) in [6.07, 6.45) is 0. The van der Waals surface area contributed by atoms with Crippen LogP contribution in [0.4, 0.5) is 0 Å². The van der Waals surface area contributed by atoms with Crippen LogP contribution in [-0.4, -0.2) is 4.98 Å². The zero-order valence-electron chi connectivity index (χ0n) is 11.8. The van der Waals surface area contributed by atoms with Crippen LogP contribution in [0.2, 0.25) is 0 Å². The van der Waals surface area contributed by atoms with Gasteiger partial charge < -0.3 is 4.74 Å². The summed E-state index contributed by atoms with van der Waals surface area (Å²) < 4.78 is 5.98. The molecule has 0 saturated heterocycles. The topological polar surface area (TPSA) is 22.1 Å². The maximum atomic E-state index is 5.98. The second-order valence-electron chi connectivity index (χ2n) is 4.96. The van der Waals surface area contributed by atoms with Gasteiger partial charge in [-0.15, -0.1) is 0 Å². The Bertz CT molecular complexity index is 765. The van der Waals surface area contributed by atoms with Gasteiger partial charge in [-0.3, -0.25) is 4.98 Å². The van der Waals surface area contributed by atoms with Crippen molar-refractivity contribution in [3.63, 3.8) is 0 Å². The molecule has 0 saturated carbocycles. The smallest absolute Gasteiger partial charge is 0.142 e. The van der Waals surface area contributed by atoms with Gasteiger partial charge in [0, 0.05) is 11.0 Å². The van der Waals surface area contributed by atoms with Crippen molar-refractivity contribution in [3.8, 4) is 5.75 Å². The van der Waals surface area contributed by atoms with Crippen molar-refractivity contribution in [1.29, 1.82) is 0 Å². The van der Waals surface area contributed by atoms with Crippen LogP contribution in [0, 0.1) is 6.92 Å². The van der Waals surface area contributed by atoms with E-state index in [0.29, 0.717) is 11.9 Å². The van der Waals surface area contributed by atoms with E-state index < -0.39 is 0 Å². The van der Waals surface area contributed by atoms with E-state index in [2.05, 4.69) is 63.4 Å². The molecule has 0 fully saturated rings. The monoisotopic (exact) mass is 341 g/mol. The Hall–Kier alpha value is -1.87. The lowest BCUT2D eigenvalue weighted by molar-refractivity contribution is 0.303. The minimum atomic E-state index is 0.548. The van der Waals surface area contributed by atoms with Crippen LogP contribution in [0.5, 0.6) is 5.75 Å². The normalized spacial score (nSPS) is 10.8. The van der Waals surface area contributed by atoms with Crippen molar-refractivity contribution in [1.82, 2.24) is 4.98 Å².